The Bertz CT molecular complexity index is 735. The van der Waals surface area contributed by atoms with Crippen LogP contribution in [-0.2, 0) is 11.3 Å². The predicted molar refractivity (Wildman–Crippen MR) is 94.7 cm³/mol. The Morgan fingerprint density at radius 1 is 1.32 bits per heavy atom. The number of hydrogen-bond acceptors (Lipinski definition) is 6. The fourth-order valence-corrected chi connectivity index (χ4v) is 2.87. The van der Waals surface area contributed by atoms with E-state index in [1.54, 1.807) is 12.4 Å². The lowest BCUT2D eigenvalue weighted by Crippen LogP contribution is -2.26. The van der Waals surface area contributed by atoms with Crippen molar-refractivity contribution in [3.63, 3.8) is 0 Å². The molecule has 7 heteroatoms. The Balaban J connectivity index is 1.54. The lowest BCUT2D eigenvalue weighted by atomic mass is 10.2. The van der Waals surface area contributed by atoms with Gasteiger partial charge in [-0.25, -0.2) is 10.5 Å². The topological polar surface area (TPSA) is 90.4 Å². The number of carbonyl (C=O) groups excluding carboxylic acids is 1. The lowest BCUT2D eigenvalue weighted by molar-refractivity contribution is -0.124. The fraction of sp³-hybridized carbons (Fsp3) is 0.278. The SMILES string of the molecule is O=C(/C=C/c1cncc(N[C@@H]2CCN(Cc3ccccc3)C2)n1)NO. The number of nitrogens with one attached hydrogen (secondary N) is 2. The molecule has 0 spiro atoms. The molecule has 25 heavy (non-hydrogen) atoms. The summed E-state index contributed by atoms with van der Waals surface area (Å²) in [5.74, 6) is 0.0747. The molecule has 0 bridgehead atoms. The van der Waals surface area contributed by atoms with Gasteiger partial charge >= 0.3 is 0 Å². The molecule has 3 N–H and O–H groups in total. The van der Waals surface area contributed by atoms with Crippen molar-refractivity contribution in [1.82, 2.24) is 20.3 Å². The first kappa shape index (κ1) is 17.1. The minimum Gasteiger partial charge on any atom is -0.365 e. The summed E-state index contributed by atoms with van der Waals surface area (Å²) in [5.41, 5.74) is 3.40. The highest BCUT2D eigenvalue weighted by atomic mass is 16.5. The summed E-state index contributed by atoms with van der Waals surface area (Å²) in [4.78, 5) is 22.0. The quantitative estimate of drug-likeness (QED) is 0.421. The normalized spacial score (nSPS) is 17.7. The number of amides is 1. The summed E-state index contributed by atoms with van der Waals surface area (Å²) >= 11 is 0. The van der Waals surface area contributed by atoms with Crippen LogP contribution in [0.25, 0.3) is 6.08 Å². The summed E-state index contributed by atoms with van der Waals surface area (Å²) in [5, 5.41) is 11.9. The molecule has 1 aromatic carbocycles. The highest BCUT2D eigenvalue weighted by Gasteiger charge is 2.22. The second-order valence-electron chi connectivity index (χ2n) is 5.99. The van der Waals surface area contributed by atoms with Crippen molar-refractivity contribution >= 4 is 17.8 Å². The van der Waals surface area contributed by atoms with Crippen molar-refractivity contribution in [3.05, 3.63) is 60.1 Å². The number of benzene rings is 1. The molecule has 1 aliphatic rings. The number of hydrogen-bond donors (Lipinski definition) is 3. The van der Waals surface area contributed by atoms with Crippen LogP contribution in [0.15, 0.2) is 48.8 Å². The molecule has 1 saturated heterocycles. The van der Waals surface area contributed by atoms with E-state index in [-0.39, 0.29) is 0 Å². The minimum absolute atomic E-state index is 0.318. The average Bonchev–Trinajstić information content (AvgIpc) is 3.07. The molecule has 7 nitrogen and oxygen atoms in total. The summed E-state index contributed by atoms with van der Waals surface area (Å²) in [6, 6.07) is 10.8. The maximum Gasteiger partial charge on any atom is 0.267 e. The van der Waals surface area contributed by atoms with Gasteiger partial charge in [-0.2, -0.15) is 0 Å². The molecule has 2 aromatic rings. The smallest absolute Gasteiger partial charge is 0.267 e. The van der Waals surface area contributed by atoms with Crippen LogP contribution in [0.5, 0.6) is 0 Å². The largest absolute Gasteiger partial charge is 0.365 e. The number of rotatable bonds is 6. The third-order valence-corrected chi connectivity index (χ3v) is 4.04. The monoisotopic (exact) mass is 339 g/mol. The first-order valence-corrected chi connectivity index (χ1v) is 8.20. The van der Waals surface area contributed by atoms with Crippen LogP contribution < -0.4 is 10.8 Å². The van der Waals surface area contributed by atoms with Gasteiger partial charge in [-0.15, -0.1) is 0 Å². The summed E-state index contributed by atoms with van der Waals surface area (Å²) < 4.78 is 0. The molecular formula is C18H21N5O2. The maximum atomic E-state index is 11.0. The molecular weight excluding hydrogens is 318 g/mol. The van der Waals surface area contributed by atoms with Gasteiger partial charge < -0.3 is 5.32 Å². The van der Waals surface area contributed by atoms with Crippen LogP contribution in [-0.4, -0.2) is 45.1 Å². The zero-order valence-corrected chi connectivity index (χ0v) is 13.8. The van der Waals surface area contributed by atoms with Gasteiger partial charge in [0.15, 0.2) is 0 Å². The van der Waals surface area contributed by atoms with Crippen LogP contribution in [0, 0.1) is 0 Å². The lowest BCUT2D eigenvalue weighted by Gasteiger charge is -2.17. The first-order chi connectivity index (χ1) is 12.2. The molecule has 1 fully saturated rings. The number of anilines is 1. The zero-order valence-electron chi connectivity index (χ0n) is 13.8. The number of carbonyl (C=O) groups is 1. The molecule has 2 heterocycles. The van der Waals surface area contributed by atoms with Gasteiger partial charge in [0.05, 0.1) is 18.1 Å². The Morgan fingerprint density at radius 3 is 2.96 bits per heavy atom. The van der Waals surface area contributed by atoms with Crippen LogP contribution in [0.3, 0.4) is 0 Å². The Kier molecular flexibility index (Phi) is 5.71. The van der Waals surface area contributed by atoms with Crippen LogP contribution in [0.2, 0.25) is 0 Å². The molecule has 0 radical (unpaired) electrons. The average molecular weight is 339 g/mol. The van der Waals surface area contributed by atoms with Crippen molar-refractivity contribution in [1.29, 1.82) is 0 Å². The number of nitrogens with zero attached hydrogens (tertiary/aromatic N) is 3. The fourth-order valence-electron chi connectivity index (χ4n) is 2.87. The van der Waals surface area contributed by atoms with Gasteiger partial charge in [0.1, 0.15) is 5.82 Å². The van der Waals surface area contributed by atoms with Gasteiger partial charge in [0, 0.05) is 31.8 Å². The number of likely N-dealkylation sites (tertiary alicyclic amines) is 1. The van der Waals surface area contributed by atoms with E-state index in [0.717, 1.165) is 26.1 Å². The Hall–Kier alpha value is -2.77. The van der Waals surface area contributed by atoms with Crippen molar-refractivity contribution in [2.45, 2.75) is 19.0 Å². The van der Waals surface area contributed by atoms with E-state index in [1.807, 2.05) is 6.07 Å². The number of aromatic nitrogens is 2. The van der Waals surface area contributed by atoms with E-state index in [2.05, 4.69) is 44.5 Å². The molecule has 0 unspecified atom stereocenters. The molecule has 1 amide bonds. The highest BCUT2D eigenvalue weighted by molar-refractivity contribution is 5.90. The van der Waals surface area contributed by atoms with Gasteiger partial charge in [-0.05, 0) is 18.1 Å². The Labute approximate surface area is 146 Å². The van der Waals surface area contributed by atoms with Crippen LogP contribution in [0.1, 0.15) is 17.7 Å². The zero-order chi connectivity index (χ0) is 17.5. The molecule has 0 aliphatic carbocycles. The van der Waals surface area contributed by atoms with Crippen LogP contribution in [0.4, 0.5) is 5.82 Å². The van der Waals surface area contributed by atoms with Crippen molar-refractivity contribution in [3.8, 4) is 0 Å². The molecule has 1 atom stereocenters. The molecule has 0 saturated carbocycles. The van der Waals surface area contributed by atoms with E-state index in [1.165, 1.54) is 23.2 Å². The maximum absolute atomic E-state index is 11.0. The molecule has 1 aliphatic heterocycles. The molecule has 1 aromatic heterocycles. The first-order valence-electron chi connectivity index (χ1n) is 8.20. The second-order valence-corrected chi connectivity index (χ2v) is 5.99. The van der Waals surface area contributed by atoms with Gasteiger partial charge in [-0.1, -0.05) is 30.3 Å². The van der Waals surface area contributed by atoms with Crippen molar-refractivity contribution in [2.75, 3.05) is 18.4 Å². The van der Waals surface area contributed by atoms with E-state index in [0.29, 0.717) is 17.6 Å². The van der Waals surface area contributed by atoms with E-state index in [4.69, 9.17) is 5.21 Å². The second kappa shape index (κ2) is 8.36. The van der Waals surface area contributed by atoms with Gasteiger partial charge in [-0.3, -0.25) is 19.9 Å². The summed E-state index contributed by atoms with van der Waals surface area (Å²) in [6.07, 6.45) is 6.97. The van der Waals surface area contributed by atoms with Crippen LogP contribution >= 0.6 is 0 Å². The third kappa shape index (κ3) is 5.10. The van der Waals surface area contributed by atoms with Gasteiger partial charge in [0.25, 0.3) is 5.91 Å². The van der Waals surface area contributed by atoms with E-state index < -0.39 is 5.91 Å². The Morgan fingerprint density at radius 2 is 2.16 bits per heavy atom. The minimum atomic E-state index is -0.604. The third-order valence-electron chi connectivity index (χ3n) is 4.04. The summed E-state index contributed by atoms with van der Waals surface area (Å²) in [7, 11) is 0. The van der Waals surface area contributed by atoms with E-state index in [9.17, 15) is 4.79 Å². The summed E-state index contributed by atoms with van der Waals surface area (Å²) in [6.45, 7) is 2.93. The number of hydroxylamine groups is 1. The van der Waals surface area contributed by atoms with E-state index >= 15 is 0 Å². The van der Waals surface area contributed by atoms with Gasteiger partial charge in [0.2, 0.25) is 0 Å². The highest BCUT2D eigenvalue weighted by Crippen LogP contribution is 2.17. The molecule has 130 valence electrons. The van der Waals surface area contributed by atoms with Crippen molar-refractivity contribution in [2.24, 2.45) is 0 Å². The standard InChI is InChI=1S/C18H21N5O2/c24-18(22-25)7-6-15-10-19-11-17(20-15)21-16-8-9-23(13-16)12-14-4-2-1-3-5-14/h1-7,10-11,16,25H,8-9,12-13H2,(H,20,21)(H,22,24)/b7-6+/t16-/m1/s1. The molecule has 3 rings (SSSR count). The predicted octanol–water partition coefficient (Wildman–Crippen LogP) is 1.68. The van der Waals surface area contributed by atoms with Crippen molar-refractivity contribution < 1.29 is 10.0 Å².